The smallest absolute Gasteiger partial charge is 0.124 e. The lowest BCUT2D eigenvalue weighted by Gasteiger charge is -2.27. The number of hydrogen-bond donors (Lipinski definition) is 2. The van der Waals surface area contributed by atoms with Gasteiger partial charge in [-0.15, -0.1) is 0 Å². The molecule has 1 aliphatic heterocycles. The molecule has 2 aromatic carbocycles. The van der Waals surface area contributed by atoms with Crippen LogP contribution < -0.4 is 15.4 Å². The first-order chi connectivity index (χ1) is 13.1. The van der Waals surface area contributed by atoms with Crippen molar-refractivity contribution in [2.45, 2.75) is 13.2 Å². The molecule has 0 aromatic heterocycles. The highest BCUT2D eigenvalue weighted by atomic mass is 79.9. The Balaban J connectivity index is 1.54. The van der Waals surface area contributed by atoms with Crippen molar-refractivity contribution in [3.8, 4) is 5.75 Å². The second-order valence-electron chi connectivity index (χ2n) is 6.54. The Morgan fingerprint density at radius 2 is 1.89 bits per heavy atom. The van der Waals surface area contributed by atoms with E-state index in [1.807, 2.05) is 24.3 Å². The van der Waals surface area contributed by atoms with E-state index in [1.54, 1.807) is 6.07 Å². The van der Waals surface area contributed by atoms with Crippen LogP contribution in [0.5, 0.6) is 5.75 Å². The Morgan fingerprint density at radius 3 is 2.67 bits per heavy atom. The van der Waals surface area contributed by atoms with E-state index >= 15 is 0 Å². The molecule has 2 N–H and O–H groups in total. The van der Waals surface area contributed by atoms with Crippen LogP contribution in [0.25, 0.3) is 0 Å². The topological polar surface area (TPSA) is 36.5 Å². The lowest BCUT2D eigenvalue weighted by molar-refractivity contribution is 0.240. The lowest BCUT2D eigenvalue weighted by atomic mass is 10.2. The van der Waals surface area contributed by atoms with Crippen LogP contribution in [0.1, 0.15) is 11.1 Å². The molecule has 0 aliphatic carbocycles. The van der Waals surface area contributed by atoms with Crippen molar-refractivity contribution >= 4 is 39.1 Å². The van der Waals surface area contributed by atoms with Gasteiger partial charge in [0.2, 0.25) is 0 Å². The first-order valence-electron chi connectivity index (χ1n) is 9.11. The molecule has 0 spiro atoms. The minimum absolute atomic E-state index is 0.408. The predicted octanol–water partition coefficient (Wildman–Crippen LogP) is 4.33. The first-order valence-corrected chi connectivity index (χ1v) is 10.7. The minimum Gasteiger partial charge on any atom is -0.489 e. The van der Waals surface area contributed by atoms with Crippen LogP contribution in [0.2, 0.25) is 10.0 Å². The maximum atomic E-state index is 6.24. The van der Waals surface area contributed by atoms with Gasteiger partial charge in [0.25, 0.3) is 0 Å². The van der Waals surface area contributed by atoms with Crippen molar-refractivity contribution in [1.29, 1.82) is 0 Å². The summed E-state index contributed by atoms with van der Waals surface area (Å²) in [5.41, 5.74) is 2.04. The van der Waals surface area contributed by atoms with Crippen LogP contribution in [0, 0.1) is 0 Å². The fourth-order valence-corrected chi connectivity index (χ4v) is 3.89. The minimum atomic E-state index is 0.408. The third-order valence-corrected chi connectivity index (χ3v) is 5.63. The zero-order valence-corrected chi connectivity index (χ0v) is 18.2. The van der Waals surface area contributed by atoms with E-state index in [2.05, 4.69) is 37.5 Å². The molecule has 0 unspecified atom stereocenters. The molecule has 7 heteroatoms. The van der Waals surface area contributed by atoms with E-state index < -0.39 is 0 Å². The van der Waals surface area contributed by atoms with Crippen molar-refractivity contribution in [1.82, 2.24) is 15.5 Å². The molecule has 3 rings (SSSR count). The molecule has 0 amide bonds. The molecule has 1 heterocycles. The number of rotatable bonds is 8. The highest BCUT2D eigenvalue weighted by Crippen LogP contribution is 2.26. The average molecular weight is 473 g/mol. The van der Waals surface area contributed by atoms with Gasteiger partial charge in [-0.05, 0) is 30.3 Å². The van der Waals surface area contributed by atoms with E-state index in [-0.39, 0.29) is 0 Å². The van der Waals surface area contributed by atoms with Crippen LogP contribution in [0.15, 0.2) is 40.9 Å². The zero-order chi connectivity index (χ0) is 19.1. The standard InChI is InChI=1S/C20H24BrCl2N3O/c21-17-2-4-20(27-14-15-1-3-18(22)12-19(15)23)16(11-17)13-25-7-10-26-8-5-24-6-9-26/h1-4,11-12,24-25H,5-10,13-14H2. The molecule has 0 saturated carbocycles. The number of halogens is 3. The molecular weight excluding hydrogens is 449 g/mol. The number of benzene rings is 2. The van der Waals surface area contributed by atoms with Crippen LogP contribution in [0.3, 0.4) is 0 Å². The molecule has 0 bridgehead atoms. The van der Waals surface area contributed by atoms with Gasteiger partial charge in [-0.1, -0.05) is 45.2 Å². The molecule has 1 fully saturated rings. The van der Waals surface area contributed by atoms with Gasteiger partial charge in [0.15, 0.2) is 0 Å². The summed E-state index contributed by atoms with van der Waals surface area (Å²) in [5.74, 6) is 0.860. The molecule has 146 valence electrons. The third kappa shape index (κ3) is 6.63. The molecule has 2 aromatic rings. The SMILES string of the molecule is Clc1ccc(COc2ccc(Br)cc2CNCCN2CCNCC2)c(Cl)c1. The second kappa shape index (κ2) is 10.6. The Bertz CT molecular complexity index is 754. The molecule has 4 nitrogen and oxygen atoms in total. The first kappa shape index (κ1) is 20.9. The highest BCUT2D eigenvalue weighted by Gasteiger charge is 2.10. The summed E-state index contributed by atoms with van der Waals surface area (Å²) < 4.78 is 7.08. The Morgan fingerprint density at radius 1 is 1.07 bits per heavy atom. The van der Waals surface area contributed by atoms with Crippen molar-refractivity contribution in [2.75, 3.05) is 39.3 Å². The van der Waals surface area contributed by atoms with Crippen molar-refractivity contribution < 1.29 is 4.74 Å². The van der Waals surface area contributed by atoms with Crippen LogP contribution >= 0.6 is 39.1 Å². The highest BCUT2D eigenvalue weighted by molar-refractivity contribution is 9.10. The summed E-state index contributed by atoms with van der Waals surface area (Å²) in [4.78, 5) is 2.48. The van der Waals surface area contributed by atoms with Gasteiger partial charge in [-0.2, -0.15) is 0 Å². The Labute approximate surface area is 179 Å². The van der Waals surface area contributed by atoms with Crippen molar-refractivity contribution in [2.24, 2.45) is 0 Å². The fraction of sp³-hybridized carbons (Fsp3) is 0.400. The molecule has 27 heavy (non-hydrogen) atoms. The lowest BCUT2D eigenvalue weighted by Crippen LogP contribution is -2.45. The number of hydrogen-bond acceptors (Lipinski definition) is 4. The van der Waals surface area contributed by atoms with Gasteiger partial charge < -0.3 is 15.4 Å². The van der Waals surface area contributed by atoms with Crippen LogP contribution in [-0.2, 0) is 13.2 Å². The molecule has 1 saturated heterocycles. The van der Waals surface area contributed by atoms with E-state index in [0.717, 1.165) is 67.2 Å². The Kier molecular flexibility index (Phi) is 8.24. The fourth-order valence-electron chi connectivity index (χ4n) is 3.02. The van der Waals surface area contributed by atoms with Gasteiger partial charge in [-0.3, -0.25) is 4.90 Å². The summed E-state index contributed by atoms with van der Waals surface area (Å²) in [6.07, 6.45) is 0. The van der Waals surface area contributed by atoms with Gasteiger partial charge in [0, 0.05) is 71.5 Å². The summed E-state index contributed by atoms with van der Waals surface area (Å²) in [6, 6.07) is 11.5. The summed E-state index contributed by atoms with van der Waals surface area (Å²) in [5, 5.41) is 8.15. The number of ether oxygens (including phenoxy) is 1. The van der Waals surface area contributed by atoms with Crippen molar-refractivity contribution in [3.05, 3.63) is 62.0 Å². The van der Waals surface area contributed by atoms with Gasteiger partial charge in [-0.25, -0.2) is 0 Å². The normalized spacial score (nSPS) is 15.1. The maximum Gasteiger partial charge on any atom is 0.124 e. The largest absolute Gasteiger partial charge is 0.489 e. The summed E-state index contributed by atoms with van der Waals surface area (Å²) in [6.45, 7) is 7.58. The monoisotopic (exact) mass is 471 g/mol. The van der Waals surface area contributed by atoms with E-state index in [9.17, 15) is 0 Å². The van der Waals surface area contributed by atoms with Gasteiger partial charge in [0.05, 0.1) is 0 Å². The molecular formula is C20H24BrCl2N3O. The summed E-state index contributed by atoms with van der Waals surface area (Å²) >= 11 is 15.8. The van der Waals surface area contributed by atoms with Crippen LogP contribution in [-0.4, -0.2) is 44.2 Å². The third-order valence-electron chi connectivity index (χ3n) is 4.55. The molecule has 0 radical (unpaired) electrons. The van der Waals surface area contributed by atoms with E-state index in [1.165, 1.54) is 0 Å². The zero-order valence-electron chi connectivity index (χ0n) is 15.1. The average Bonchev–Trinajstić information content (AvgIpc) is 2.66. The van der Waals surface area contributed by atoms with Crippen molar-refractivity contribution in [3.63, 3.8) is 0 Å². The van der Waals surface area contributed by atoms with Gasteiger partial charge >= 0.3 is 0 Å². The molecule has 0 atom stereocenters. The second-order valence-corrected chi connectivity index (χ2v) is 8.30. The number of nitrogens with zero attached hydrogens (tertiary/aromatic N) is 1. The quantitative estimate of drug-likeness (QED) is 0.560. The number of piperazine rings is 1. The van der Waals surface area contributed by atoms with E-state index in [4.69, 9.17) is 27.9 Å². The van der Waals surface area contributed by atoms with Gasteiger partial charge in [0.1, 0.15) is 12.4 Å². The molecule has 1 aliphatic rings. The Hall–Kier alpha value is -0.820. The number of nitrogens with one attached hydrogen (secondary N) is 2. The van der Waals surface area contributed by atoms with Crippen LogP contribution in [0.4, 0.5) is 0 Å². The predicted molar refractivity (Wildman–Crippen MR) is 116 cm³/mol. The van der Waals surface area contributed by atoms with E-state index in [0.29, 0.717) is 16.7 Å². The maximum absolute atomic E-state index is 6.24. The summed E-state index contributed by atoms with van der Waals surface area (Å²) in [7, 11) is 0.